The molecule has 0 aliphatic rings. The number of hydrogen-bond acceptors (Lipinski definition) is 4. The molecule has 0 unspecified atom stereocenters. The summed E-state index contributed by atoms with van der Waals surface area (Å²) in [5, 5.41) is 22.4. The average molecular weight is 280 g/mol. The van der Waals surface area contributed by atoms with Gasteiger partial charge in [0.1, 0.15) is 5.84 Å². The summed E-state index contributed by atoms with van der Waals surface area (Å²) in [6.45, 7) is 1.79. The highest BCUT2D eigenvalue weighted by Gasteiger charge is 2.03. The van der Waals surface area contributed by atoms with E-state index in [1.54, 1.807) is 43.3 Å². The fourth-order valence-corrected chi connectivity index (χ4v) is 1.71. The van der Waals surface area contributed by atoms with E-state index in [1.165, 1.54) is 12.1 Å². The first-order chi connectivity index (χ1) is 10.1. The van der Waals surface area contributed by atoms with E-state index in [0.29, 0.717) is 17.1 Å². The van der Waals surface area contributed by atoms with Gasteiger partial charge in [0.15, 0.2) is 0 Å². The fourth-order valence-electron chi connectivity index (χ4n) is 1.71. The molecule has 0 spiro atoms. The Morgan fingerprint density at radius 3 is 2.33 bits per heavy atom. The standard InChI is InChI=1S/C15H12N4O2/c1-11(17-13-4-2-12(10-16)3-5-13)18-14-6-8-15(9-7-14)19(20)21/h2-9H,1H3,(H,17,18). The molecule has 6 heteroatoms. The van der Waals surface area contributed by atoms with Gasteiger partial charge in [0, 0.05) is 17.8 Å². The molecule has 0 bridgehead atoms. The van der Waals surface area contributed by atoms with E-state index < -0.39 is 4.92 Å². The zero-order valence-electron chi connectivity index (χ0n) is 11.3. The number of nitrogens with zero attached hydrogens (tertiary/aromatic N) is 3. The minimum atomic E-state index is -0.449. The second kappa shape index (κ2) is 6.30. The van der Waals surface area contributed by atoms with E-state index in [-0.39, 0.29) is 5.69 Å². The Kier molecular flexibility index (Phi) is 4.26. The van der Waals surface area contributed by atoms with Crippen LogP contribution in [0.4, 0.5) is 17.1 Å². The summed E-state index contributed by atoms with van der Waals surface area (Å²) < 4.78 is 0. The van der Waals surface area contributed by atoms with E-state index in [4.69, 9.17) is 5.26 Å². The third-order valence-corrected chi connectivity index (χ3v) is 2.70. The van der Waals surface area contributed by atoms with Crippen LogP contribution in [0.5, 0.6) is 0 Å². The van der Waals surface area contributed by atoms with Crippen LogP contribution in [0.25, 0.3) is 0 Å². The third kappa shape index (κ3) is 3.88. The lowest BCUT2D eigenvalue weighted by Crippen LogP contribution is -2.06. The van der Waals surface area contributed by atoms with Gasteiger partial charge >= 0.3 is 0 Å². The van der Waals surface area contributed by atoms with Crippen LogP contribution in [0, 0.1) is 21.4 Å². The van der Waals surface area contributed by atoms with E-state index in [1.807, 2.05) is 6.07 Å². The van der Waals surface area contributed by atoms with Crippen molar-refractivity contribution in [1.29, 1.82) is 5.26 Å². The lowest BCUT2D eigenvalue weighted by atomic mass is 10.2. The van der Waals surface area contributed by atoms with Crippen molar-refractivity contribution >= 4 is 22.9 Å². The van der Waals surface area contributed by atoms with E-state index >= 15 is 0 Å². The number of aliphatic imine (C=N–C) groups is 1. The quantitative estimate of drug-likeness (QED) is 0.402. The maximum atomic E-state index is 10.6. The Morgan fingerprint density at radius 1 is 1.19 bits per heavy atom. The lowest BCUT2D eigenvalue weighted by molar-refractivity contribution is -0.384. The zero-order valence-corrected chi connectivity index (χ0v) is 11.3. The second-order valence-electron chi connectivity index (χ2n) is 4.28. The number of anilines is 1. The molecule has 1 N–H and O–H groups in total. The van der Waals surface area contributed by atoms with Gasteiger partial charge in [-0.05, 0) is 43.3 Å². The molecule has 0 saturated heterocycles. The maximum Gasteiger partial charge on any atom is 0.269 e. The van der Waals surface area contributed by atoms with Crippen molar-refractivity contribution in [2.24, 2.45) is 4.99 Å². The Labute approximate surface area is 121 Å². The van der Waals surface area contributed by atoms with Crippen LogP contribution in [0.1, 0.15) is 12.5 Å². The molecule has 0 fully saturated rings. The number of nitro groups is 1. The first-order valence-corrected chi connectivity index (χ1v) is 6.15. The zero-order chi connectivity index (χ0) is 15.2. The number of nitro benzene ring substituents is 1. The van der Waals surface area contributed by atoms with Gasteiger partial charge in [0.05, 0.1) is 22.2 Å². The number of hydrogen-bond donors (Lipinski definition) is 1. The van der Waals surface area contributed by atoms with Gasteiger partial charge in [-0.3, -0.25) is 10.1 Å². The minimum Gasteiger partial charge on any atom is -0.344 e. The van der Waals surface area contributed by atoms with Crippen molar-refractivity contribution in [3.8, 4) is 6.07 Å². The Bertz CT molecular complexity index is 713. The van der Waals surface area contributed by atoms with Crippen molar-refractivity contribution in [3.63, 3.8) is 0 Å². The Morgan fingerprint density at radius 2 is 1.81 bits per heavy atom. The number of rotatable bonds is 3. The van der Waals surface area contributed by atoms with Crippen LogP contribution in [-0.4, -0.2) is 10.8 Å². The topological polar surface area (TPSA) is 91.3 Å². The van der Waals surface area contributed by atoms with Crippen LogP contribution in [-0.2, 0) is 0 Å². The van der Waals surface area contributed by atoms with Gasteiger partial charge in [-0.25, -0.2) is 4.99 Å². The molecule has 21 heavy (non-hydrogen) atoms. The van der Waals surface area contributed by atoms with Crippen LogP contribution in [0.2, 0.25) is 0 Å². The highest BCUT2D eigenvalue weighted by Crippen LogP contribution is 2.18. The molecule has 0 amide bonds. The summed E-state index contributed by atoms with van der Waals surface area (Å²) in [6.07, 6.45) is 0. The monoisotopic (exact) mass is 280 g/mol. The van der Waals surface area contributed by atoms with Crippen molar-refractivity contribution in [3.05, 3.63) is 64.2 Å². The number of amidine groups is 1. The predicted molar refractivity (Wildman–Crippen MR) is 80.6 cm³/mol. The normalized spacial score (nSPS) is 10.8. The third-order valence-electron chi connectivity index (χ3n) is 2.70. The highest BCUT2D eigenvalue weighted by molar-refractivity contribution is 5.95. The van der Waals surface area contributed by atoms with Gasteiger partial charge in [0.25, 0.3) is 5.69 Å². The molecule has 6 nitrogen and oxygen atoms in total. The molecule has 104 valence electrons. The van der Waals surface area contributed by atoms with E-state index in [2.05, 4.69) is 10.3 Å². The van der Waals surface area contributed by atoms with E-state index in [9.17, 15) is 10.1 Å². The van der Waals surface area contributed by atoms with Crippen LogP contribution in [0.15, 0.2) is 53.5 Å². The van der Waals surface area contributed by atoms with Crippen molar-refractivity contribution in [1.82, 2.24) is 0 Å². The van der Waals surface area contributed by atoms with Gasteiger partial charge in [-0.15, -0.1) is 0 Å². The number of nitriles is 1. The van der Waals surface area contributed by atoms with Crippen molar-refractivity contribution < 1.29 is 4.92 Å². The lowest BCUT2D eigenvalue weighted by Gasteiger charge is -2.05. The summed E-state index contributed by atoms with van der Waals surface area (Å²) in [5.41, 5.74) is 2.06. The van der Waals surface area contributed by atoms with Crippen molar-refractivity contribution in [2.75, 3.05) is 5.32 Å². The highest BCUT2D eigenvalue weighted by atomic mass is 16.6. The SMILES string of the molecule is CC(=Nc1ccc([N+](=O)[O-])cc1)Nc1ccc(C#N)cc1. The molecule has 0 heterocycles. The predicted octanol–water partition coefficient (Wildman–Crippen LogP) is 3.63. The molecule has 2 rings (SSSR count). The van der Waals surface area contributed by atoms with E-state index in [0.717, 1.165) is 5.69 Å². The molecule has 0 aliphatic carbocycles. The van der Waals surface area contributed by atoms with Gasteiger partial charge in [0.2, 0.25) is 0 Å². The summed E-state index contributed by atoms with van der Waals surface area (Å²) in [5.74, 6) is 0.647. The Hall–Kier alpha value is -3.20. The van der Waals surface area contributed by atoms with Crippen LogP contribution in [0.3, 0.4) is 0 Å². The first-order valence-electron chi connectivity index (χ1n) is 6.15. The summed E-state index contributed by atoms with van der Waals surface area (Å²) >= 11 is 0. The van der Waals surface area contributed by atoms with Gasteiger partial charge in [-0.1, -0.05) is 0 Å². The summed E-state index contributed by atoms with van der Waals surface area (Å²) in [6, 6.07) is 15.0. The molecule has 0 aromatic heterocycles. The molecule has 0 aliphatic heterocycles. The molecule has 2 aromatic carbocycles. The molecule has 0 atom stereocenters. The average Bonchev–Trinajstić information content (AvgIpc) is 2.48. The molecular weight excluding hydrogens is 268 g/mol. The number of nitrogens with one attached hydrogen (secondary N) is 1. The summed E-state index contributed by atoms with van der Waals surface area (Å²) in [7, 11) is 0. The first kappa shape index (κ1) is 14.2. The molecular formula is C15H12N4O2. The van der Waals surface area contributed by atoms with Crippen LogP contribution < -0.4 is 5.32 Å². The van der Waals surface area contributed by atoms with Crippen LogP contribution >= 0.6 is 0 Å². The molecule has 2 aromatic rings. The number of benzene rings is 2. The minimum absolute atomic E-state index is 0.0339. The number of non-ortho nitro benzene ring substituents is 1. The van der Waals surface area contributed by atoms with Crippen molar-refractivity contribution in [2.45, 2.75) is 6.92 Å². The maximum absolute atomic E-state index is 10.6. The molecule has 0 saturated carbocycles. The summed E-state index contributed by atoms with van der Waals surface area (Å²) in [4.78, 5) is 14.4. The molecule has 0 radical (unpaired) electrons. The van der Waals surface area contributed by atoms with Gasteiger partial charge < -0.3 is 5.32 Å². The Balaban J connectivity index is 2.09. The fraction of sp³-hybridized carbons (Fsp3) is 0.0667. The smallest absolute Gasteiger partial charge is 0.269 e. The second-order valence-corrected chi connectivity index (χ2v) is 4.28. The largest absolute Gasteiger partial charge is 0.344 e. The van der Waals surface area contributed by atoms with Gasteiger partial charge in [-0.2, -0.15) is 5.26 Å².